The maximum absolute atomic E-state index is 11.7. The maximum atomic E-state index is 11.7. The average Bonchev–Trinajstić information content (AvgIpc) is 2.36. The SMILES string of the molecule is CNCCC(=O)N(C)Cc1ccccc1[N+](=O)[O-]. The zero-order valence-electron chi connectivity index (χ0n) is 10.5. The van der Waals surface area contributed by atoms with E-state index in [1.165, 1.54) is 11.0 Å². The lowest BCUT2D eigenvalue weighted by Crippen LogP contribution is -2.28. The Bertz CT molecular complexity index is 434. The summed E-state index contributed by atoms with van der Waals surface area (Å²) >= 11 is 0. The molecular weight excluding hydrogens is 234 g/mol. The quantitative estimate of drug-likeness (QED) is 0.608. The van der Waals surface area contributed by atoms with Gasteiger partial charge in [-0.3, -0.25) is 14.9 Å². The number of nitrogens with one attached hydrogen (secondary N) is 1. The monoisotopic (exact) mass is 251 g/mol. The van der Waals surface area contributed by atoms with E-state index in [-0.39, 0.29) is 18.1 Å². The van der Waals surface area contributed by atoms with Gasteiger partial charge in [-0.25, -0.2) is 0 Å². The van der Waals surface area contributed by atoms with E-state index in [1.807, 2.05) is 0 Å². The van der Waals surface area contributed by atoms with Gasteiger partial charge in [-0.2, -0.15) is 0 Å². The molecule has 1 amide bonds. The van der Waals surface area contributed by atoms with Crippen LogP contribution in [0, 0.1) is 10.1 Å². The summed E-state index contributed by atoms with van der Waals surface area (Å²) in [7, 11) is 3.42. The van der Waals surface area contributed by atoms with E-state index >= 15 is 0 Å². The van der Waals surface area contributed by atoms with Crippen molar-refractivity contribution in [1.29, 1.82) is 0 Å². The molecule has 0 radical (unpaired) electrons. The number of nitrogens with zero attached hydrogens (tertiary/aromatic N) is 2. The van der Waals surface area contributed by atoms with E-state index in [9.17, 15) is 14.9 Å². The number of nitro groups is 1. The van der Waals surface area contributed by atoms with Crippen molar-refractivity contribution in [2.75, 3.05) is 20.6 Å². The summed E-state index contributed by atoms with van der Waals surface area (Å²) in [4.78, 5) is 23.6. The second kappa shape index (κ2) is 6.70. The first kappa shape index (κ1) is 14.1. The molecule has 98 valence electrons. The lowest BCUT2D eigenvalue weighted by molar-refractivity contribution is -0.385. The summed E-state index contributed by atoms with van der Waals surface area (Å²) in [6.45, 7) is 0.847. The fourth-order valence-electron chi connectivity index (χ4n) is 1.59. The van der Waals surface area contributed by atoms with Gasteiger partial charge in [-0.15, -0.1) is 0 Å². The largest absolute Gasteiger partial charge is 0.341 e. The molecule has 0 atom stereocenters. The molecule has 0 aromatic heterocycles. The summed E-state index contributed by atoms with van der Waals surface area (Å²) in [6, 6.07) is 6.46. The van der Waals surface area contributed by atoms with Gasteiger partial charge in [0.2, 0.25) is 5.91 Å². The second-order valence-electron chi connectivity index (χ2n) is 3.99. The van der Waals surface area contributed by atoms with Crippen LogP contribution in [0.1, 0.15) is 12.0 Å². The van der Waals surface area contributed by atoms with E-state index in [0.717, 1.165) is 0 Å². The minimum Gasteiger partial charge on any atom is -0.341 e. The van der Waals surface area contributed by atoms with E-state index in [4.69, 9.17) is 0 Å². The standard InChI is InChI=1S/C12H17N3O3/c1-13-8-7-12(16)14(2)9-10-5-3-4-6-11(10)15(17)18/h3-6,13H,7-9H2,1-2H3. The molecule has 1 aromatic carbocycles. The van der Waals surface area contributed by atoms with Gasteiger partial charge in [0.15, 0.2) is 0 Å². The van der Waals surface area contributed by atoms with Gasteiger partial charge < -0.3 is 10.2 Å². The smallest absolute Gasteiger partial charge is 0.274 e. The Labute approximate surface area is 106 Å². The Morgan fingerprint density at radius 2 is 2.11 bits per heavy atom. The van der Waals surface area contributed by atoms with Crippen molar-refractivity contribution in [2.24, 2.45) is 0 Å². The van der Waals surface area contributed by atoms with Gasteiger partial charge >= 0.3 is 0 Å². The van der Waals surface area contributed by atoms with Crippen LogP contribution in [0.15, 0.2) is 24.3 Å². The third kappa shape index (κ3) is 3.81. The van der Waals surface area contributed by atoms with Crippen LogP contribution < -0.4 is 5.32 Å². The van der Waals surface area contributed by atoms with Crippen molar-refractivity contribution in [2.45, 2.75) is 13.0 Å². The molecule has 0 aliphatic heterocycles. The topological polar surface area (TPSA) is 75.5 Å². The highest BCUT2D eigenvalue weighted by Gasteiger charge is 2.16. The molecule has 6 heteroatoms. The average molecular weight is 251 g/mol. The van der Waals surface area contributed by atoms with Gasteiger partial charge in [0.1, 0.15) is 0 Å². The molecule has 0 bridgehead atoms. The molecule has 0 heterocycles. The lowest BCUT2D eigenvalue weighted by Gasteiger charge is -2.17. The molecule has 1 aromatic rings. The van der Waals surface area contributed by atoms with Crippen molar-refractivity contribution < 1.29 is 9.72 Å². The third-order valence-corrected chi connectivity index (χ3v) is 2.61. The van der Waals surface area contributed by atoms with Crippen molar-refractivity contribution in [3.8, 4) is 0 Å². The van der Waals surface area contributed by atoms with Crippen LogP contribution in [0.3, 0.4) is 0 Å². The number of hydrogen-bond acceptors (Lipinski definition) is 4. The van der Waals surface area contributed by atoms with Crippen LogP contribution in [-0.2, 0) is 11.3 Å². The van der Waals surface area contributed by atoms with Crippen molar-refractivity contribution in [3.05, 3.63) is 39.9 Å². The Kier molecular flexibility index (Phi) is 5.26. The Balaban J connectivity index is 2.72. The Morgan fingerprint density at radius 1 is 1.44 bits per heavy atom. The highest BCUT2D eigenvalue weighted by Crippen LogP contribution is 2.19. The molecule has 6 nitrogen and oxygen atoms in total. The second-order valence-corrected chi connectivity index (χ2v) is 3.99. The summed E-state index contributed by atoms with van der Waals surface area (Å²) < 4.78 is 0. The molecule has 0 fully saturated rings. The molecule has 0 saturated carbocycles. The van der Waals surface area contributed by atoms with Crippen LogP contribution in [-0.4, -0.2) is 36.4 Å². The number of nitro benzene ring substituents is 1. The van der Waals surface area contributed by atoms with E-state index in [2.05, 4.69) is 5.32 Å². The van der Waals surface area contributed by atoms with E-state index in [0.29, 0.717) is 18.5 Å². The predicted molar refractivity (Wildman–Crippen MR) is 68.1 cm³/mol. The van der Waals surface area contributed by atoms with Crippen LogP contribution in [0.5, 0.6) is 0 Å². The predicted octanol–water partition coefficient (Wildman–Crippen LogP) is 1.16. The molecule has 0 saturated heterocycles. The molecule has 0 unspecified atom stereocenters. The first-order valence-electron chi connectivity index (χ1n) is 5.67. The van der Waals surface area contributed by atoms with E-state index in [1.54, 1.807) is 32.3 Å². The highest BCUT2D eigenvalue weighted by molar-refractivity contribution is 5.76. The summed E-state index contributed by atoms with van der Waals surface area (Å²) in [5.41, 5.74) is 0.591. The van der Waals surface area contributed by atoms with Crippen LogP contribution in [0.4, 0.5) is 5.69 Å². The van der Waals surface area contributed by atoms with Gasteiger partial charge in [-0.1, -0.05) is 18.2 Å². The Hall–Kier alpha value is -1.95. The number of benzene rings is 1. The van der Waals surface area contributed by atoms with Crippen molar-refractivity contribution in [3.63, 3.8) is 0 Å². The number of rotatable bonds is 6. The number of hydrogen-bond donors (Lipinski definition) is 1. The summed E-state index contributed by atoms with van der Waals surface area (Å²) in [5.74, 6) is -0.0394. The Morgan fingerprint density at radius 3 is 2.72 bits per heavy atom. The third-order valence-electron chi connectivity index (χ3n) is 2.61. The molecular formula is C12H17N3O3. The van der Waals surface area contributed by atoms with Crippen LogP contribution in [0.25, 0.3) is 0 Å². The minimum absolute atomic E-state index is 0.0394. The first-order valence-corrected chi connectivity index (χ1v) is 5.67. The van der Waals surface area contributed by atoms with Crippen LogP contribution in [0.2, 0.25) is 0 Å². The zero-order chi connectivity index (χ0) is 13.5. The van der Waals surface area contributed by atoms with Crippen molar-refractivity contribution >= 4 is 11.6 Å². The van der Waals surface area contributed by atoms with Gasteiger partial charge in [0.25, 0.3) is 5.69 Å². The number of para-hydroxylation sites is 1. The normalized spacial score (nSPS) is 10.1. The lowest BCUT2D eigenvalue weighted by atomic mass is 10.1. The maximum Gasteiger partial charge on any atom is 0.274 e. The fraction of sp³-hybridized carbons (Fsp3) is 0.417. The molecule has 0 spiro atoms. The van der Waals surface area contributed by atoms with E-state index < -0.39 is 4.92 Å². The fourth-order valence-corrected chi connectivity index (χ4v) is 1.59. The van der Waals surface area contributed by atoms with Crippen molar-refractivity contribution in [1.82, 2.24) is 10.2 Å². The van der Waals surface area contributed by atoms with Gasteiger partial charge in [0, 0.05) is 31.6 Å². The van der Waals surface area contributed by atoms with Gasteiger partial charge in [-0.05, 0) is 7.05 Å². The first-order chi connectivity index (χ1) is 8.56. The number of carbonyl (C=O) groups excluding carboxylic acids is 1. The molecule has 0 aliphatic rings. The zero-order valence-corrected chi connectivity index (χ0v) is 10.5. The molecule has 18 heavy (non-hydrogen) atoms. The summed E-state index contributed by atoms with van der Waals surface area (Å²) in [6.07, 6.45) is 0.383. The minimum atomic E-state index is -0.429. The highest BCUT2D eigenvalue weighted by atomic mass is 16.6. The molecule has 0 aliphatic carbocycles. The van der Waals surface area contributed by atoms with Gasteiger partial charge in [0.05, 0.1) is 11.5 Å². The number of amides is 1. The molecule has 1 rings (SSSR count). The molecule has 1 N–H and O–H groups in total. The summed E-state index contributed by atoms with van der Waals surface area (Å²) in [5, 5.41) is 13.7. The number of carbonyl (C=O) groups is 1. The van der Waals surface area contributed by atoms with Crippen LogP contribution >= 0.6 is 0 Å².